The molecule has 1 aliphatic carbocycles. The fraction of sp³-hybridized carbons (Fsp3) is 0.684. The van der Waals surface area contributed by atoms with Crippen molar-refractivity contribution in [3.05, 3.63) is 53.8 Å². The summed E-state index contributed by atoms with van der Waals surface area (Å²) in [6, 6.07) is 6.37. The van der Waals surface area contributed by atoms with Gasteiger partial charge in [-0.05, 0) is 120 Å². The standard InChI is InChI=1S/C57H80N2O15/c1-10-38-24-32(2)23-33(3)25-48(69-8)53-49(70-9)27-35(5)57(67,74-53)54(64)55(65)59-21-12-11-13-43(59)56(66)73-52(36(6)44(61)31-45(38)62)34(4)26-37-14-18-46(47(28-37)68-7)71-41-16-17-42-39(29-41)20-22-58(42)50-30-40(60)15-19-51(63)72-50/h16-17,20,22,24,26,29,33,35-38,43-44,46-50,52-53,61,67H,10-15,18-19,21,23,25,27-28,30-31H2,1-9H3. The number of allylic oxidation sites excluding steroid dienone is 3. The number of carbonyl (C=O) groups is 6. The number of ketones is 3. The maximum atomic E-state index is 14.6. The van der Waals surface area contributed by atoms with Crippen LogP contribution in [0.15, 0.2) is 53.8 Å². The van der Waals surface area contributed by atoms with Crippen LogP contribution in [0.5, 0.6) is 5.75 Å². The highest BCUT2D eigenvalue weighted by Crippen LogP contribution is 2.40. The highest BCUT2D eigenvalue weighted by molar-refractivity contribution is 6.39. The van der Waals surface area contributed by atoms with E-state index in [-0.39, 0.29) is 80.7 Å². The molecule has 4 aliphatic heterocycles. The molecule has 5 aliphatic rings. The Morgan fingerprint density at radius 2 is 1.58 bits per heavy atom. The van der Waals surface area contributed by atoms with Gasteiger partial charge in [0.25, 0.3) is 11.7 Å². The van der Waals surface area contributed by atoms with Gasteiger partial charge in [-0.2, -0.15) is 0 Å². The number of piperidine rings is 1. The molecule has 2 bridgehead atoms. The molecule has 0 spiro atoms. The summed E-state index contributed by atoms with van der Waals surface area (Å²) in [5.41, 5.74) is 2.43. The first-order valence-corrected chi connectivity index (χ1v) is 26.9. The van der Waals surface area contributed by atoms with Crippen molar-refractivity contribution in [1.82, 2.24) is 9.47 Å². The maximum absolute atomic E-state index is 14.6. The van der Waals surface area contributed by atoms with Crippen LogP contribution >= 0.6 is 0 Å². The summed E-state index contributed by atoms with van der Waals surface area (Å²) < 4.78 is 44.5. The third-order valence-corrected chi connectivity index (χ3v) is 16.4. The first-order chi connectivity index (χ1) is 35.3. The van der Waals surface area contributed by atoms with E-state index in [1.165, 1.54) is 19.1 Å². The molecule has 0 radical (unpaired) electrons. The third kappa shape index (κ3) is 12.9. The van der Waals surface area contributed by atoms with E-state index in [0.29, 0.717) is 62.7 Å². The lowest BCUT2D eigenvalue weighted by Gasteiger charge is -2.47. The number of hydrogen-bond acceptors (Lipinski definition) is 15. The number of aliphatic hydroxyl groups is 2. The number of fused-ring (bicyclic) bond motifs is 4. The fourth-order valence-corrected chi connectivity index (χ4v) is 12.1. The number of aromatic nitrogens is 1. The molecule has 2 N–H and O–H groups in total. The average Bonchev–Trinajstić information content (AvgIpc) is 3.73. The molecular weight excluding hydrogens is 953 g/mol. The quantitative estimate of drug-likeness (QED) is 0.143. The number of nitrogens with zero attached hydrogens (tertiary/aromatic N) is 2. The van der Waals surface area contributed by atoms with E-state index in [4.69, 9.17) is 33.2 Å². The molecule has 2 aromatic rings. The zero-order chi connectivity index (χ0) is 53.6. The number of carbonyl (C=O) groups excluding carboxylic acids is 6. The molecule has 5 heterocycles. The number of aliphatic hydroxyl groups excluding tert-OH is 1. The molecule has 1 aromatic heterocycles. The lowest BCUT2D eigenvalue weighted by Crippen LogP contribution is -2.64. The minimum Gasteiger partial charge on any atom is -0.488 e. The van der Waals surface area contributed by atoms with Crippen molar-refractivity contribution in [2.24, 2.45) is 29.6 Å². The van der Waals surface area contributed by atoms with E-state index < -0.39 is 90.0 Å². The second-order valence-corrected chi connectivity index (χ2v) is 21.9. The van der Waals surface area contributed by atoms with Gasteiger partial charge in [0.15, 0.2) is 6.23 Å². The lowest BCUT2D eigenvalue weighted by molar-refractivity contribution is -0.302. The number of Topliss-reactive ketones (excluding diaryl/α,β-unsaturated/α-hetero) is 3. The van der Waals surface area contributed by atoms with Gasteiger partial charge in [-0.15, -0.1) is 0 Å². The first-order valence-electron chi connectivity index (χ1n) is 26.9. The Bertz CT molecular complexity index is 2390. The zero-order valence-electron chi connectivity index (χ0n) is 44.8. The van der Waals surface area contributed by atoms with Gasteiger partial charge in [-0.25, -0.2) is 4.79 Å². The van der Waals surface area contributed by atoms with Gasteiger partial charge in [0, 0.05) is 70.1 Å². The van der Waals surface area contributed by atoms with Gasteiger partial charge in [-0.3, -0.25) is 24.0 Å². The van der Waals surface area contributed by atoms with Crippen LogP contribution in [-0.4, -0.2) is 137 Å². The van der Waals surface area contributed by atoms with E-state index in [9.17, 15) is 39.0 Å². The molecule has 17 heteroatoms. The van der Waals surface area contributed by atoms with Crippen molar-refractivity contribution in [3.8, 4) is 5.75 Å². The molecule has 15 atom stereocenters. The van der Waals surface area contributed by atoms with Crippen molar-refractivity contribution < 1.29 is 72.1 Å². The predicted molar refractivity (Wildman–Crippen MR) is 272 cm³/mol. The Kier molecular flexibility index (Phi) is 19.2. The number of benzene rings is 1. The molecule has 1 aromatic carbocycles. The van der Waals surface area contributed by atoms with Crippen LogP contribution in [0.2, 0.25) is 0 Å². The van der Waals surface area contributed by atoms with Crippen LogP contribution < -0.4 is 4.74 Å². The van der Waals surface area contributed by atoms with E-state index in [0.717, 1.165) is 16.5 Å². The smallest absolute Gasteiger partial charge is 0.329 e. The number of methoxy groups -OCH3 is 3. The second-order valence-electron chi connectivity index (χ2n) is 21.9. The number of hydrogen-bond donors (Lipinski definition) is 2. The van der Waals surface area contributed by atoms with Gasteiger partial charge < -0.3 is 52.8 Å². The fourth-order valence-electron chi connectivity index (χ4n) is 12.1. The van der Waals surface area contributed by atoms with E-state index in [1.54, 1.807) is 25.5 Å². The number of rotatable bonds is 9. The molecule has 74 heavy (non-hydrogen) atoms. The van der Waals surface area contributed by atoms with Gasteiger partial charge in [0.05, 0.1) is 42.8 Å². The van der Waals surface area contributed by atoms with Gasteiger partial charge in [-0.1, -0.05) is 45.4 Å². The van der Waals surface area contributed by atoms with Crippen LogP contribution in [0.1, 0.15) is 138 Å². The second kappa shape index (κ2) is 24.9. The van der Waals surface area contributed by atoms with E-state index >= 15 is 0 Å². The Morgan fingerprint density at radius 1 is 0.851 bits per heavy atom. The molecular formula is C57H80N2O15. The summed E-state index contributed by atoms with van der Waals surface area (Å²) >= 11 is 0. The van der Waals surface area contributed by atoms with E-state index in [1.807, 2.05) is 70.3 Å². The van der Waals surface area contributed by atoms with Gasteiger partial charge in [0.1, 0.15) is 41.7 Å². The summed E-state index contributed by atoms with van der Waals surface area (Å²) in [7, 11) is 4.70. The largest absolute Gasteiger partial charge is 0.488 e. The van der Waals surface area contributed by atoms with Crippen LogP contribution in [-0.2, 0) is 57.2 Å². The highest BCUT2D eigenvalue weighted by Gasteiger charge is 2.56. The molecule has 1 amide bonds. The Morgan fingerprint density at radius 3 is 2.30 bits per heavy atom. The van der Waals surface area contributed by atoms with Crippen LogP contribution in [0, 0.1) is 29.6 Å². The predicted octanol–water partition coefficient (Wildman–Crippen LogP) is 7.31. The monoisotopic (exact) mass is 1030 g/mol. The molecule has 4 fully saturated rings. The van der Waals surface area contributed by atoms with E-state index in [2.05, 4.69) is 0 Å². The van der Waals surface area contributed by atoms with Crippen LogP contribution in [0.4, 0.5) is 0 Å². The highest BCUT2D eigenvalue weighted by atomic mass is 16.7. The number of amides is 1. The Labute approximate surface area is 435 Å². The van der Waals surface area contributed by atoms with Gasteiger partial charge in [0.2, 0.25) is 5.79 Å². The van der Waals surface area contributed by atoms with Crippen LogP contribution in [0.25, 0.3) is 10.9 Å². The number of ether oxygens (including phenoxy) is 7. The minimum atomic E-state index is -2.53. The SMILES string of the molecule is CCC1C=C(C)CC(C)CC(OC)C2OC(O)(C(=O)C(=O)N3CCCCC3C(=O)OC(C(C)=CC3CCC(Oc4ccc5c(ccn5C5CC(=O)CCC(=O)O5)c4)C(OC)C3)C(C)C(O)CC1=O)C(C)CC2OC. The molecule has 3 saturated heterocycles. The minimum absolute atomic E-state index is 0.00995. The Balaban J connectivity index is 1.14. The topological polar surface area (TPSA) is 216 Å². The number of cyclic esters (lactones) is 2. The summed E-state index contributed by atoms with van der Waals surface area (Å²) in [6.45, 7) is 11.2. The lowest BCUT2D eigenvalue weighted by atomic mass is 9.81. The molecule has 15 unspecified atom stereocenters. The molecule has 7 rings (SSSR count). The molecule has 1 saturated carbocycles. The van der Waals surface area contributed by atoms with Crippen molar-refractivity contribution >= 4 is 46.1 Å². The zero-order valence-corrected chi connectivity index (χ0v) is 44.8. The van der Waals surface area contributed by atoms with Crippen molar-refractivity contribution in [3.63, 3.8) is 0 Å². The normalized spacial score (nSPS) is 36.0. The number of esters is 2. The summed E-state index contributed by atoms with van der Waals surface area (Å²) in [4.78, 5) is 83.4. The average molecular weight is 1030 g/mol. The van der Waals surface area contributed by atoms with Crippen LogP contribution in [0.3, 0.4) is 0 Å². The van der Waals surface area contributed by atoms with Crippen molar-refractivity contribution in [2.45, 2.75) is 192 Å². The molecule has 408 valence electrons. The summed E-state index contributed by atoms with van der Waals surface area (Å²) in [6.07, 6.45) is 5.23. The summed E-state index contributed by atoms with van der Waals surface area (Å²) in [5.74, 6) is -7.60. The third-order valence-electron chi connectivity index (χ3n) is 16.4. The summed E-state index contributed by atoms with van der Waals surface area (Å²) in [5, 5.41) is 25.0. The van der Waals surface area contributed by atoms with Crippen molar-refractivity contribution in [2.75, 3.05) is 27.9 Å². The maximum Gasteiger partial charge on any atom is 0.329 e. The first kappa shape index (κ1) is 56.9. The Hall–Kier alpha value is -4.78. The molecule has 17 nitrogen and oxygen atoms in total. The van der Waals surface area contributed by atoms with Gasteiger partial charge >= 0.3 is 11.9 Å². The van der Waals surface area contributed by atoms with Crippen molar-refractivity contribution in [1.29, 1.82) is 0 Å².